The van der Waals surface area contributed by atoms with Gasteiger partial charge in [-0.3, -0.25) is 19.3 Å². The molecule has 0 saturated heterocycles. The largest absolute Gasteiger partial charge is 0.454 e. The van der Waals surface area contributed by atoms with Gasteiger partial charge in [0.05, 0.1) is 4.90 Å². The molecule has 1 atom stereocenters. The number of nitrogens with one attached hydrogen (secondary N) is 1. The average Bonchev–Trinajstić information content (AvgIpc) is 2.96. The van der Waals surface area contributed by atoms with E-state index in [1.165, 1.54) is 13.0 Å². The quantitative estimate of drug-likeness (QED) is 0.437. The van der Waals surface area contributed by atoms with Gasteiger partial charge in [0.1, 0.15) is 5.84 Å². The molecule has 7 nitrogen and oxygen atoms in total. The summed E-state index contributed by atoms with van der Waals surface area (Å²) in [5.74, 6) is -0.480. The van der Waals surface area contributed by atoms with Gasteiger partial charge < -0.3 is 4.74 Å². The number of nitrogens with zero attached hydrogens (tertiary/aromatic N) is 1. The second-order valence-corrected chi connectivity index (χ2v) is 7.95. The Morgan fingerprint density at radius 1 is 1.07 bits per heavy atom. The zero-order valence-electron chi connectivity index (χ0n) is 15.3. The van der Waals surface area contributed by atoms with E-state index in [0.29, 0.717) is 17.5 Å². The summed E-state index contributed by atoms with van der Waals surface area (Å²) in [6, 6.07) is 15.2. The number of hydrogen-bond donors (Lipinski definition) is 1. The van der Waals surface area contributed by atoms with Crippen LogP contribution in [0.2, 0.25) is 0 Å². The van der Waals surface area contributed by atoms with Crippen LogP contribution in [0.25, 0.3) is 0 Å². The number of benzene rings is 2. The van der Waals surface area contributed by atoms with Gasteiger partial charge in [-0.15, -0.1) is 0 Å². The van der Waals surface area contributed by atoms with Gasteiger partial charge in [0.25, 0.3) is 10.0 Å². The lowest BCUT2D eigenvalue weighted by Crippen LogP contribution is -2.24. The molecule has 0 amide bonds. The number of esters is 1. The Balaban J connectivity index is 1.50. The SMILES string of the molecule is C[C@H](OC(=O)CCCN=C1NS(=O)(=O)c2ccccc21)C(=O)c1ccccc1. The molecular weight excluding hydrogens is 380 g/mol. The van der Waals surface area contributed by atoms with Gasteiger partial charge in [-0.05, 0) is 25.5 Å². The van der Waals surface area contributed by atoms with Gasteiger partial charge >= 0.3 is 5.97 Å². The Labute approximate surface area is 163 Å². The number of rotatable bonds is 7. The molecule has 28 heavy (non-hydrogen) atoms. The van der Waals surface area contributed by atoms with Crippen LogP contribution in [0.5, 0.6) is 0 Å². The third-order valence-electron chi connectivity index (χ3n) is 4.21. The van der Waals surface area contributed by atoms with E-state index in [-0.39, 0.29) is 29.5 Å². The van der Waals surface area contributed by atoms with E-state index in [2.05, 4.69) is 9.71 Å². The van der Waals surface area contributed by atoms with Gasteiger partial charge in [-0.25, -0.2) is 8.42 Å². The molecule has 1 aliphatic heterocycles. The topological polar surface area (TPSA) is 102 Å². The van der Waals surface area contributed by atoms with Crippen LogP contribution >= 0.6 is 0 Å². The summed E-state index contributed by atoms with van der Waals surface area (Å²) in [6.45, 7) is 1.79. The molecule has 1 aliphatic rings. The number of amidine groups is 1. The lowest BCUT2D eigenvalue weighted by atomic mass is 10.1. The number of hydrogen-bond acceptors (Lipinski definition) is 6. The number of sulfonamides is 1. The van der Waals surface area contributed by atoms with Crippen LogP contribution in [0.3, 0.4) is 0 Å². The Morgan fingerprint density at radius 2 is 1.75 bits per heavy atom. The van der Waals surface area contributed by atoms with E-state index in [1.807, 2.05) is 0 Å². The molecule has 8 heteroatoms. The predicted molar refractivity (Wildman–Crippen MR) is 104 cm³/mol. The zero-order chi connectivity index (χ0) is 20.1. The predicted octanol–water partition coefficient (Wildman–Crippen LogP) is 2.32. The van der Waals surface area contributed by atoms with Crippen molar-refractivity contribution in [2.24, 2.45) is 4.99 Å². The third kappa shape index (κ3) is 4.45. The Morgan fingerprint density at radius 3 is 2.50 bits per heavy atom. The maximum Gasteiger partial charge on any atom is 0.306 e. The standard InChI is InChI=1S/C20H20N2O5S/c1-14(19(24)15-8-3-2-4-9-15)27-18(23)12-7-13-21-20-16-10-5-6-11-17(16)28(25,26)22-20/h2-6,8-11,14H,7,12-13H2,1H3,(H,21,22)/t14-/m0/s1. The zero-order valence-corrected chi connectivity index (χ0v) is 16.1. The van der Waals surface area contributed by atoms with Crippen molar-refractivity contribution >= 4 is 27.6 Å². The van der Waals surface area contributed by atoms with Crippen LogP contribution in [0.4, 0.5) is 0 Å². The van der Waals surface area contributed by atoms with E-state index in [0.717, 1.165) is 0 Å². The average molecular weight is 400 g/mol. The smallest absolute Gasteiger partial charge is 0.306 e. The fourth-order valence-electron chi connectivity index (χ4n) is 2.81. The van der Waals surface area contributed by atoms with Crippen molar-refractivity contribution in [2.45, 2.75) is 30.8 Å². The number of carbonyl (C=O) groups is 2. The van der Waals surface area contributed by atoms with Crippen molar-refractivity contribution in [2.75, 3.05) is 6.54 Å². The lowest BCUT2D eigenvalue weighted by molar-refractivity contribution is -0.146. The maximum absolute atomic E-state index is 12.2. The third-order valence-corrected chi connectivity index (χ3v) is 5.60. The molecule has 1 heterocycles. The van der Waals surface area contributed by atoms with Gasteiger partial charge in [-0.2, -0.15) is 0 Å². The highest BCUT2D eigenvalue weighted by atomic mass is 32.2. The second kappa shape index (κ2) is 8.35. The first-order valence-electron chi connectivity index (χ1n) is 8.84. The van der Waals surface area contributed by atoms with Crippen molar-refractivity contribution in [3.05, 3.63) is 65.7 Å². The molecule has 2 aromatic carbocycles. The summed E-state index contributed by atoms with van der Waals surface area (Å²) in [6.07, 6.45) is -0.412. The van der Waals surface area contributed by atoms with Crippen LogP contribution in [0.1, 0.15) is 35.7 Å². The molecule has 146 valence electrons. The number of ether oxygens (including phenoxy) is 1. The van der Waals surface area contributed by atoms with Crippen molar-refractivity contribution in [1.82, 2.24) is 4.72 Å². The molecular formula is C20H20N2O5S. The molecule has 0 saturated carbocycles. The van der Waals surface area contributed by atoms with E-state index < -0.39 is 22.1 Å². The number of aliphatic imine (C=N–C) groups is 1. The molecule has 3 rings (SSSR count). The highest BCUT2D eigenvalue weighted by Gasteiger charge is 2.29. The molecule has 0 spiro atoms. The monoisotopic (exact) mass is 400 g/mol. The van der Waals surface area contributed by atoms with Crippen LogP contribution in [0.15, 0.2) is 64.5 Å². The van der Waals surface area contributed by atoms with E-state index in [4.69, 9.17) is 4.74 Å². The minimum absolute atomic E-state index is 0.0809. The number of ketones is 1. The molecule has 0 unspecified atom stereocenters. The van der Waals surface area contributed by atoms with Crippen LogP contribution in [-0.2, 0) is 19.6 Å². The molecule has 0 aromatic heterocycles. The molecule has 0 aliphatic carbocycles. The van der Waals surface area contributed by atoms with Gasteiger partial charge in [-0.1, -0.05) is 42.5 Å². The maximum atomic E-state index is 12.2. The van der Waals surface area contributed by atoms with Crippen LogP contribution in [-0.4, -0.2) is 38.7 Å². The van der Waals surface area contributed by atoms with Crippen molar-refractivity contribution in [3.63, 3.8) is 0 Å². The molecule has 1 N–H and O–H groups in total. The summed E-state index contributed by atoms with van der Waals surface area (Å²) in [4.78, 5) is 28.6. The number of Topliss-reactive ketones (excluding diaryl/α,β-unsaturated/α-hetero) is 1. The van der Waals surface area contributed by atoms with Crippen molar-refractivity contribution < 1.29 is 22.7 Å². The molecule has 0 fully saturated rings. The lowest BCUT2D eigenvalue weighted by Gasteiger charge is -2.12. The van der Waals surface area contributed by atoms with Crippen LogP contribution in [0, 0.1) is 0 Å². The Kier molecular flexibility index (Phi) is 5.89. The van der Waals surface area contributed by atoms with Gasteiger partial charge in [0, 0.05) is 24.1 Å². The van der Waals surface area contributed by atoms with E-state index in [9.17, 15) is 18.0 Å². The summed E-state index contributed by atoms with van der Waals surface area (Å²) in [5.41, 5.74) is 1.01. The first kappa shape index (κ1) is 19.8. The normalized spacial score (nSPS) is 16.8. The molecule has 0 bridgehead atoms. The fraction of sp³-hybridized carbons (Fsp3) is 0.250. The number of fused-ring (bicyclic) bond motifs is 1. The summed E-state index contributed by atoms with van der Waals surface area (Å²) in [5, 5.41) is 0. The van der Waals surface area contributed by atoms with Crippen LogP contribution < -0.4 is 4.72 Å². The van der Waals surface area contributed by atoms with Crippen molar-refractivity contribution in [3.8, 4) is 0 Å². The highest BCUT2D eigenvalue weighted by molar-refractivity contribution is 7.90. The summed E-state index contributed by atoms with van der Waals surface area (Å²) < 4.78 is 31.6. The fourth-order valence-corrected chi connectivity index (χ4v) is 4.06. The first-order valence-corrected chi connectivity index (χ1v) is 10.3. The van der Waals surface area contributed by atoms with E-state index in [1.54, 1.807) is 48.5 Å². The second-order valence-electron chi connectivity index (χ2n) is 6.30. The highest BCUT2D eigenvalue weighted by Crippen LogP contribution is 2.22. The minimum atomic E-state index is -3.57. The summed E-state index contributed by atoms with van der Waals surface area (Å²) in [7, 11) is -3.57. The van der Waals surface area contributed by atoms with E-state index >= 15 is 0 Å². The first-order chi connectivity index (χ1) is 13.4. The van der Waals surface area contributed by atoms with Gasteiger partial charge in [0.15, 0.2) is 6.10 Å². The molecule has 2 aromatic rings. The van der Waals surface area contributed by atoms with Crippen molar-refractivity contribution in [1.29, 1.82) is 0 Å². The Hall–Kier alpha value is -3.00. The van der Waals surface area contributed by atoms with Gasteiger partial charge in [0.2, 0.25) is 5.78 Å². The Bertz CT molecular complexity index is 1020. The summed E-state index contributed by atoms with van der Waals surface area (Å²) >= 11 is 0. The molecule has 0 radical (unpaired) electrons. The minimum Gasteiger partial charge on any atom is -0.454 e. The number of carbonyl (C=O) groups excluding carboxylic acids is 2.